The van der Waals surface area contributed by atoms with Gasteiger partial charge in [-0.2, -0.15) is 0 Å². The van der Waals surface area contributed by atoms with Gasteiger partial charge in [-0.15, -0.1) is 0 Å². The molecule has 0 unspecified atom stereocenters. The van der Waals surface area contributed by atoms with Crippen LogP contribution in [0.15, 0.2) is 0 Å². The average molecular weight is 591 g/mol. The summed E-state index contributed by atoms with van der Waals surface area (Å²) < 4.78 is 30.2. The first-order valence-corrected chi connectivity index (χ1v) is 15.4. The molecule has 2 spiro atoms. The Hall–Kier alpha value is -2.08. The normalized spacial score (nSPS) is 53.0. The molecule has 5 heterocycles. The monoisotopic (exact) mass is 590 g/mol. The van der Waals surface area contributed by atoms with Crippen LogP contribution < -0.4 is 0 Å². The third-order valence-corrected chi connectivity index (χ3v) is 12.4. The Labute approximate surface area is 244 Å². The minimum atomic E-state index is -2.17. The first-order valence-electron chi connectivity index (χ1n) is 15.4. The number of hydrogen-bond donors (Lipinski definition) is 2. The van der Waals surface area contributed by atoms with Crippen LogP contribution in [0.2, 0.25) is 0 Å². The fourth-order valence-corrected chi connectivity index (χ4v) is 10.7. The van der Waals surface area contributed by atoms with Crippen molar-refractivity contribution in [1.82, 2.24) is 0 Å². The van der Waals surface area contributed by atoms with Gasteiger partial charge in [0.15, 0.2) is 11.4 Å². The first kappa shape index (κ1) is 28.7. The summed E-state index contributed by atoms with van der Waals surface area (Å²) in [6, 6.07) is 0. The van der Waals surface area contributed by atoms with Gasteiger partial charge in [0.05, 0.1) is 23.9 Å². The Kier molecular flexibility index (Phi) is 5.84. The zero-order chi connectivity index (χ0) is 30.4. The molecule has 14 atom stereocenters. The second-order valence-corrected chi connectivity index (χ2v) is 15.0. The number of hydrogen-bond acceptors (Lipinski definition) is 11. The van der Waals surface area contributed by atoms with E-state index < -0.39 is 82.0 Å². The van der Waals surface area contributed by atoms with E-state index in [-0.39, 0.29) is 42.5 Å². The van der Waals surface area contributed by atoms with E-state index in [4.69, 9.17) is 23.7 Å². The SMILES string of the molecule is CC(=O)O[C@@H]([C@@H](C)[C@@H]1[C@H]2[C@]1(C)CC[C@@]13O[C@]2(O)C(=O)[C@@H]1CC[C@H]1C(C)(C)O[C@@H]2CC(=O)O[C@@]21[C@H]3O)[C@@H]1C[C@@H](C)C(=O)O1. The molecule has 232 valence electrons. The zero-order valence-electron chi connectivity index (χ0n) is 25.1. The van der Waals surface area contributed by atoms with Gasteiger partial charge in [0.2, 0.25) is 5.79 Å². The van der Waals surface area contributed by atoms with Crippen LogP contribution in [-0.2, 0) is 42.9 Å². The van der Waals surface area contributed by atoms with E-state index in [1.807, 2.05) is 27.7 Å². The van der Waals surface area contributed by atoms with E-state index in [0.717, 1.165) is 0 Å². The number of carbonyl (C=O) groups is 4. The fraction of sp³-hybridized carbons (Fsp3) is 0.871. The highest BCUT2D eigenvalue weighted by Gasteiger charge is 2.85. The number of fused-ring (bicyclic) bond motifs is 3. The number of aliphatic hydroxyl groups is 2. The van der Waals surface area contributed by atoms with Crippen molar-refractivity contribution in [3.8, 4) is 0 Å². The Morgan fingerprint density at radius 1 is 1.12 bits per heavy atom. The third kappa shape index (κ3) is 3.37. The lowest BCUT2D eigenvalue weighted by Gasteiger charge is -2.45. The maximum absolute atomic E-state index is 14.3. The summed E-state index contributed by atoms with van der Waals surface area (Å²) >= 11 is 0. The van der Waals surface area contributed by atoms with Gasteiger partial charge in [-0.3, -0.25) is 19.2 Å². The molecule has 0 aromatic heterocycles. The summed E-state index contributed by atoms with van der Waals surface area (Å²) in [7, 11) is 0. The lowest BCUT2D eigenvalue weighted by Crippen LogP contribution is -2.63. The van der Waals surface area contributed by atoms with Crippen LogP contribution in [0, 0.1) is 40.9 Å². The number of rotatable bonds is 4. The molecule has 7 aliphatic rings. The molecule has 2 bridgehead atoms. The summed E-state index contributed by atoms with van der Waals surface area (Å²) in [6.45, 7) is 10.8. The van der Waals surface area contributed by atoms with Crippen molar-refractivity contribution in [2.75, 3.05) is 0 Å². The molecule has 2 saturated carbocycles. The van der Waals surface area contributed by atoms with Crippen molar-refractivity contribution in [3.05, 3.63) is 0 Å². The molecule has 7 rings (SSSR count). The second-order valence-electron chi connectivity index (χ2n) is 15.0. The minimum Gasteiger partial charge on any atom is -0.458 e. The Morgan fingerprint density at radius 2 is 1.83 bits per heavy atom. The highest BCUT2D eigenvalue weighted by molar-refractivity contribution is 5.92. The molecule has 5 saturated heterocycles. The molecule has 11 heteroatoms. The largest absolute Gasteiger partial charge is 0.458 e. The predicted molar refractivity (Wildman–Crippen MR) is 141 cm³/mol. The van der Waals surface area contributed by atoms with Crippen molar-refractivity contribution in [3.63, 3.8) is 0 Å². The smallest absolute Gasteiger partial charge is 0.309 e. The van der Waals surface area contributed by atoms with Crippen molar-refractivity contribution < 1.29 is 53.1 Å². The predicted octanol–water partition coefficient (Wildman–Crippen LogP) is 1.83. The topological polar surface area (TPSA) is 155 Å². The highest BCUT2D eigenvalue weighted by atomic mass is 16.7. The molecule has 7 fully saturated rings. The molecule has 2 aliphatic carbocycles. The van der Waals surface area contributed by atoms with Crippen LogP contribution in [0.4, 0.5) is 0 Å². The van der Waals surface area contributed by atoms with Crippen LogP contribution in [0.5, 0.6) is 0 Å². The van der Waals surface area contributed by atoms with Crippen LogP contribution in [0.1, 0.15) is 80.1 Å². The van der Waals surface area contributed by atoms with E-state index >= 15 is 0 Å². The molecule has 5 aliphatic heterocycles. The molecule has 11 nitrogen and oxygen atoms in total. The minimum absolute atomic E-state index is 0.0117. The molecule has 42 heavy (non-hydrogen) atoms. The average Bonchev–Trinajstić information content (AvgIpc) is 2.99. The summed E-state index contributed by atoms with van der Waals surface area (Å²) in [5, 5.41) is 24.5. The van der Waals surface area contributed by atoms with Crippen molar-refractivity contribution in [1.29, 1.82) is 0 Å². The van der Waals surface area contributed by atoms with Crippen LogP contribution >= 0.6 is 0 Å². The van der Waals surface area contributed by atoms with E-state index in [1.165, 1.54) is 6.92 Å². The zero-order valence-corrected chi connectivity index (χ0v) is 25.1. The summed E-state index contributed by atoms with van der Waals surface area (Å²) in [5.74, 6) is -6.62. The number of ketones is 1. The number of cyclic esters (lactones) is 1. The number of aliphatic hydroxyl groups excluding tert-OH is 1. The lowest BCUT2D eigenvalue weighted by atomic mass is 9.67. The van der Waals surface area contributed by atoms with Crippen molar-refractivity contribution >= 4 is 23.7 Å². The molecular weight excluding hydrogens is 548 g/mol. The maximum atomic E-state index is 14.3. The van der Waals surface area contributed by atoms with E-state index in [9.17, 15) is 29.4 Å². The highest BCUT2D eigenvalue weighted by Crippen LogP contribution is 2.76. The van der Waals surface area contributed by atoms with E-state index in [0.29, 0.717) is 25.7 Å². The molecule has 0 amide bonds. The van der Waals surface area contributed by atoms with Gasteiger partial charge in [-0.05, 0) is 50.9 Å². The number of carbonyl (C=O) groups excluding carboxylic acids is 4. The number of ether oxygens (including phenoxy) is 5. The third-order valence-electron chi connectivity index (χ3n) is 12.4. The van der Waals surface area contributed by atoms with Crippen molar-refractivity contribution in [2.24, 2.45) is 40.9 Å². The molecular formula is C31H42O11. The quantitative estimate of drug-likeness (QED) is 0.364. The van der Waals surface area contributed by atoms with Gasteiger partial charge in [-0.25, -0.2) is 0 Å². The van der Waals surface area contributed by atoms with Gasteiger partial charge in [0.25, 0.3) is 0 Å². The van der Waals surface area contributed by atoms with Gasteiger partial charge in [-0.1, -0.05) is 20.8 Å². The van der Waals surface area contributed by atoms with Gasteiger partial charge in [0.1, 0.15) is 30.0 Å². The van der Waals surface area contributed by atoms with Crippen LogP contribution in [0.25, 0.3) is 0 Å². The summed E-state index contributed by atoms with van der Waals surface area (Å²) in [4.78, 5) is 51.3. The van der Waals surface area contributed by atoms with Crippen LogP contribution in [-0.4, -0.2) is 80.9 Å². The van der Waals surface area contributed by atoms with Gasteiger partial charge >= 0.3 is 17.9 Å². The molecule has 0 aromatic carbocycles. The first-order chi connectivity index (χ1) is 19.5. The Bertz CT molecular complexity index is 1260. The standard InChI is InChI=1S/C31H42O11/c1-13-11-17(39-25(13)35)22(38-15(3)32)14(2)21-23-28(21,6)9-10-29-16(24(34)31(23,37)42-29)7-8-18-27(4,5)40-19-12-20(33)41-30(18,19)26(29)36/h13-14,16-19,21-23,26,36-37H,7-12H2,1-6H3/t13-,14+,16+,17+,18+,19-,21-,22+,23+,26+,28-,29-,30-,31+/m1/s1. The Morgan fingerprint density at radius 3 is 2.48 bits per heavy atom. The number of esters is 3. The Balaban J connectivity index is 1.24. The lowest BCUT2D eigenvalue weighted by molar-refractivity contribution is -0.276. The maximum Gasteiger partial charge on any atom is 0.309 e. The molecule has 0 aromatic rings. The molecule has 0 radical (unpaired) electrons. The van der Waals surface area contributed by atoms with Crippen molar-refractivity contribution in [2.45, 2.75) is 127 Å². The molecule has 2 N–H and O–H groups in total. The van der Waals surface area contributed by atoms with Gasteiger partial charge < -0.3 is 33.9 Å². The van der Waals surface area contributed by atoms with Gasteiger partial charge in [0, 0.05) is 31.1 Å². The second kappa shape index (κ2) is 8.55. The number of Topliss-reactive ketones (excluding diaryl/α,β-unsaturated/α-hetero) is 1. The summed E-state index contributed by atoms with van der Waals surface area (Å²) in [5.41, 5.74) is -4.08. The fourth-order valence-electron chi connectivity index (χ4n) is 10.7. The van der Waals surface area contributed by atoms with E-state index in [2.05, 4.69) is 0 Å². The van der Waals surface area contributed by atoms with E-state index in [1.54, 1.807) is 6.92 Å². The van der Waals surface area contributed by atoms with Crippen LogP contribution in [0.3, 0.4) is 0 Å². The summed E-state index contributed by atoms with van der Waals surface area (Å²) in [6.07, 6.45) is -1.37.